The van der Waals surface area contributed by atoms with E-state index in [9.17, 15) is 5.11 Å². The topological polar surface area (TPSA) is 53.3 Å². The lowest BCUT2D eigenvalue weighted by molar-refractivity contribution is 0.247. The van der Waals surface area contributed by atoms with Gasteiger partial charge in [0.1, 0.15) is 0 Å². The van der Waals surface area contributed by atoms with Gasteiger partial charge < -0.3 is 19.9 Å². The third-order valence-electron chi connectivity index (χ3n) is 6.07. The van der Waals surface area contributed by atoms with Crippen LogP contribution in [0.25, 0.3) is 5.69 Å². The van der Waals surface area contributed by atoms with Crippen LogP contribution in [0.4, 0.5) is 0 Å². The zero-order valence-electron chi connectivity index (χ0n) is 17.7. The van der Waals surface area contributed by atoms with Gasteiger partial charge in [0.15, 0.2) is 5.11 Å². The van der Waals surface area contributed by atoms with E-state index in [0.29, 0.717) is 18.1 Å². The van der Waals surface area contributed by atoms with Crippen LogP contribution in [0.2, 0.25) is 0 Å². The molecule has 2 aromatic heterocycles. The summed E-state index contributed by atoms with van der Waals surface area (Å²) in [4.78, 5) is 6.84. The Kier molecular flexibility index (Phi) is 5.88. The van der Waals surface area contributed by atoms with E-state index in [-0.39, 0.29) is 18.7 Å². The number of thiocarbonyl (C=S) groups is 1. The van der Waals surface area contributed by atoms with Gasteiger partial charge in [-0.2, -0.15) is 0 Å². The molecule has 2 N–H and O–H groups in total. The molecule has 30 heavy (non-hydrogen) atoms. The normalized spacial score (nSPS) is 18.7. The number of hydrogen-bond donors (Lipinski definition) is 2. The largest absolute Gasteiger partial charge is 0.396 e. The number of aliphatic hydroxyl groups excluding tert-OH is 1. The molecule has 0 aliphatic carbocycles. The minimum absolute atomic E-state index is 0.0163. The second-order valence-corrected chi connectivity index (χ2v) is 8.16. The van der Waals surface area contributed by atoms with E-state index >= 15 is 0 Å². The number of nitrogens with one attached hydrogen (secondary N) is 1. The summed E-state index contributed by atoms with van der Waals surface area (Å²) in [6.07, 6.45) is 2.50. The molecule has 3 aromatic rings. The molecule has 0 bridgehead atoms. The summed E-state index contributed by atoms with van der Waals surface area (Å²) in [5.41, 5.74) is 7.11. The molecule has 0 radical (unpaired) electrons. The van der Waals surface area contributed by atoms with Crippen molar-refractivity contribution in [2.24, 2.45) is 0 Å². The summed E-state index contributed by atoms with van der Waals surface area (Å²) in [7, 11) is 0. The average Bonchev–Trinajstić information content (AvgIpc) is 3.20. The van der Waals surface area contributed by atoms with Crippen molar-refractivity contribution in [3.8, 4) is 5.69 Å². The summed E-state index contributed by atoms with van der Waals surface area (Å²) in [6.45, 7) is 7.39. The highest BCUT2D eigenvalue weighted by molar-refractivity contribution is 7.80. The molecule has 1 aromatic carbocycles. The quantitative estimate of drug-likeness (QED) is 0.587. The Morgan fingerprint density at radius 3 is 2.43 bits per heavy atom. The highest BCUT2D eigenvalue weighted by Crippen LogP contribution is 2.43. The van der Waals surface area contributed by atoms with Gasteiger partial charge >= 0.3 is 0 Å². The van der Waals surface area contributed by atoms with Crippen LogP contribution in [-0.4, -0.2) is 37.8 Å². The Morgan fingerprint density at radius 2 is 1.77 bits per heavy atom. The molecule has 0 saturated carbocycles. The molecule has 2 atom stereocenters. The maximum Gasteiger partial charge on any atom is 0.170 e. The van der Waals surface area contributed by atoms with Gasteiger partial charge in [-0.05, 0) is 69.2 Å². The average molecular weight is 421 g/mol. The third-order valence-corrected chi connectivity index (χ3v) is 6.42. The molecule has 2 unspecified atom stereocenters. The highest BCUT2D eigenvalue weighted by Gasteiger charge is 2.42. The molecule has 0 amide bonds. The first-order valence-corrected chi connectivity index (χ1v) is 10.8. The lowest BCUT2D eigenvalue weighted by Crippen LogP contribution is -2.31. The van der Waals surface area contributed by atoms with Crippen molar-refractivity contribution < 1.29 is 5.11 Å². The molecule has 1 fully saturated rings. The molecule has 0 spiro atoms. The van der Waals surface area contributed by atoms with E-state index in [2.05, 4.69) is 70.9 Å². The Balaban J connectivity index is 1.87. The predicted molar refractivity (Wildman–Crippen MR) is 124 cm³/mol. The van der Waals surface area contributed by atoms with E-state index in [4.69, 9.17) is 12.2 Å². The zero-order valence-corrected chi connectivity index (χ0v) is 18.5. The highest BCUT2D eigenvalue weighted by atomic mass is 32.1. The zero-order chi connectivity index (χ0) is 21.3. The van der Waals surface area contributed by atoms with Gasteiger partial charge in [0.2, 0.25) is 0 Å². The molecule has 4 rings (SSSR count). The number of pyridine rings is 1. The van der Waals surface area contributed by atoms with Gasteiger partial charge in [-0.3, -0.25) is 4.98 Å². The van der Waals surface area contributed by atoms with Crippen molar-refractivity contribution in [2.45, 2.75) is 39.3 Å². The van der Waals surface area contributed by atoms with E-state index in [1.807, 2.05) is 24.4 Å². The maximum atomic E-state index is 9.45. The third kappa shape index (κ3) is 3.50. The van der Waals surface area contributed by atoms with Crippen molar-refractivity contribution in [3.05, 3.63) is 82.9 Å². The maximum absolute atomic E-state index is 9.45. The van der Waals surface area contributed by atoms with Crippen LogP contribution in [0, 0.1) is 20.8 Å². The summed E-state index contributed by atoms with van der Waals surface area (Å²) < 4.78 is 2.33. The van der Waals surface area contributed by atoms with Gasteiger partial charge in [-0.25, -0.2) is 0 Å². The van der Waals surface area contributed by atoms with Crippen LogP contribution >= 0.6 is 12.2 Å². The van der Waals surface area contributed by atoms with Gasteiger partial charge in [0.05, 0.1) is 17.8 Å². The second-order valence-electron chi connectivity index (χ2n) is 7.78. The fourth-order valence-corrected chi connectivity index (χ4v) is 4.94. The van der Waals surface area contributed by atoms with Crippen molar-refractivity contribution in [2.75, 3.05) is 13.2 Å². The molecule has 156 valence electrons. The first-order chi connectivity index (χ1) is 14.5. The molecular formula is C24H28N4OS. The first-order valence-electron chi connectivity index (χ1n) is 10.4. The number of nitrogens with zero attached hydrogens (tertiary/aromatic N) is 3. The van der Waals surface area contributed by atoms with E-state index in [1.54, 1.807) is 0 Å². The fraction of sp³-hybridized carbons (Fsp3) is 0.333. The van der Waals surface area contributed by atoms with Crippen LogP contribution < -0.4 is 5.32 Å². The summed E-state index contributed by atoms with van der Waals surface area (Å²) in [5.74, 6) is 0. The van der Waals surface area contributed by atoms with Gasteiger partial charge in [-0.15, -0.1) is 0 Å². The van der Waals surface area contributed by atoms with Gasteiger partial charge in [-0.1, -0.05) is 24.3 Å². The van der Waals surface area contributed by atoms with Crippen molar-refractivity contribution >= 4 is 17.3 Å². The smallest absolute Gasteiger partial charge is 0.170 e. The molecular weight excluding hydrogens is 392 g/mol. The number of para-hydroxylation sites is 1. The summed E-state index contributed by atoms with van der Waals surface area (Å²) >= 11 is 5.73. The molecule has 1 aliphatic heterocycles. The van der Waals surface area contributed by atoms with Crippen LogP contribution in [0.5, 0.6) is 0 Å². The van der Waals surface area contributed by atoms with Crippen LogP contribution in [0.3, 0.4) is 0 Å². The number of benzene rings is 1. The first kappa shape index (κ1) is 20.6. The van der Waals surface area contributed by atoms with Crippen molar-refractivity contribution in [1.82, 2.24) is 19.8 Å². The summed E-state index contributed by atoms with van der Waals surface area (Å²) in [5, 5.41) is 13.7. The molecule has 1 saturated heterocycles. The van der Waals surface area contributed by atoms with Crippen LogP contribution in [-0.2, 0) is 0 Å². The number of aromatic nitrogens is 2. The van der Waals surface area contributed by atoms with Gasteiger partial charge in [0, 0.05) is 42.0 Å². The van der Waals surface area contributed by atoms with Crippen molar-refractivity contribution in [1.29, 1.82) is 0 Å². The number of aliphatic hydroxyl groups is 1. The SMILES string of the molecule is Cc1c(C2C(c3ccccn3)NC(=S)N2CCCO)c(C)n(-c2ccccc2)c1C. The monoisotopic (exact) mass is 420 g/mol. The fourth-order valence-electron chi connectivity index (χ4n) is 4.61. The van der Waals surface area contributed by atoms with Crippen LogP contribution in [0.1, 0.15) is 46.7 Å². The Hall–Kier alpha value is -2.70. The Bertz CT molecular complexity index is 1030. The minimum atomic E-state index is -0.0409. The lowest BCUT2D eigenvalue weighted by Gasteiger charge is -2.28. The minimum Gasteiger partial charge on any atom is -0.396 e. The number of rotatable bonds is 6. The van der Waals surface area contributed by atoms with Gasteiger partial charge in [0.25, 0.3) is 0 Å². The molecule has 1 aliphatic rings. The van der Waals surface area contributed by atoms with Crippen molar-refractivity contribution in [3.63, 3.8) is 0 Å². The van der Waals surface area contributed by atoms with Crippen LogP contribution in [0.15, 0.2) is 54.7 Å². The standard InChI is InChI=1S/C24H28N4OS/c1-16-17(2)28(19-10-5-4-6-11-19)18(3)21(16)23-22(20-12-7-8-13-25-20)26-24(30)27(23)14-9-15-29/h4-8,10-13,22-23,29H,9,14-15H2,1-3H3,(H,26,30). The second kappa shape index (κ2) is 8.58. The predicted octanol–water partition coefficient (Wildman–Crippen LogP) is 4.15. The van der Waals surface area contributed by atoms with E-state index in [1.165, 1.54) is 22.5 Å². The van der Waals surface area contributed by atoms with E-state index in [0.717, 1.165) is 11.4 Å². The lowest BCUT2D eigenvalue weighted by atomic mass is 9.93. The summed E-state index contributed by atoms with van der Waals surface area (Å²) in [6, 6.07) is 16.4. The molecule has 6 heteroatoms. The Labute approximate surface area is 183 Å². The van der Waals surface area contributed by atoms with E-state index < -0.39 is 0 Å². The molecule has 3 heterocycles. The molecule has 5 nitrogen and oxygen atoms in total. The Morgan fingerprint density at radius 1 is 1.03 bits per heavy atom. The number of hydrogen-bond acceptors (Lipinski definition) is 3.